The fourth-order valence-corrected chi connectivity index (χ4v) is 18.5. The van der Waals surface area contributed by atoms with Gasteiger partial charge in [0.25, 0.3) is 13.4 Å². The molecule has 6 aromatic heterocycles. The van der Waals surface area contributed by atoms with Gasteiger partial charge in [0.05, 0.1) is 44.1 Å². The van der Waals surface area contributed by atoms with Crippen molar-refractivity contribution >= 4 is 157 Å². The summed E-state index contributed by atoms with van der Waals surface area (Å²) in [5.41, 5.74) is 32.5. The Morgan fingerprint density at radius 2 is 0.708 bits per heavy atom. The van der Waals surface area contributed by atoms with Crippen molar-refractivity contribution in [1.29, 1.82) is 0 Å². The number of imidazole rings is 2. The number of pyridine rings is 2. The van der Waals surface area contributed by atoms with Crippen LogP contribution in [0.1, 0.15) is 18.6 Å². The molecule has 0 saturated carbocycles. The molecule has 0 spiro atoms. The molecule has 0 aliphatic carbocycles. The summed E-state index contributed by atoms with van der Waals surface area (Å²) in [6, 6.07) is 126. The van der Waals surface area contributed by atoms with Gasteiger partial charge >= 0.3 is 0 Å². The first-order chi connectivity index (χ1) is 55.6. The van der Waals surface area contributed by atoms with Gasteiger partial charge in [-0.2, -0.15) is 0 Å². The first kappa shape index (κ1) is 65.3. The predicted molar refractivity (Wildman–Crippen MR) is 470 cm³/mol. The van der Waals surface area contributed by atoms with Crippen LogP contribution in [0, 0.1) is 0 Å². The maximum Gasteiger partial charge on any atom is 0.252 e. The Balaban J connectivity index is 0.000000141. The van der Waals surface area contributed by atoms with Gasteiger partial charge in [-0.3, -0.25) is 18.3 Å². The highest BCUT2D eigenvalue weighted by molar-refractivity contribution is 7.01. The van der Waals surface area contributed by atoms with E-state index in [9.17, 15) is 0 Å². The van der Waals surface area contributed by atoms with E-state index in [1.54, 1.807) is 0 Å². The molecule has 2 N–H and O–H groups in total. The zero-order chi connectivity index (χ0) is 73.5. The highest BCUT2D eigenvalue weighted by Crippen LogP contribution is 2.45. The van der Waals surface area contributed by atoms with E-state index < -0.39 is 0 Å². The number of nitrogens with one attached hydrogen (secondary N) is 2. The van der Waals surface area contributed by atoms with Crippen LogP contribution in [-0.4, -0.2) is 51.6 Å². The molecule has 4 aliphatic heterocycles. The lowest BCUT2D eigenvalue weighted by molar-refractivity contribution is 0.962. The van der Waals surface area contributed by atoms with Crippen molar-refractivity contribution in [2.24, 2.45) is 0 Å². The molecule has 0 radical (unpaired) electrons. The van der Waals surface area contributed by atoms with Crippen molar-refractivity contribution in [3.63, 3.8) is 0 Å². The van der Waals surface area contributed by atoms with Crippen LogP contribution >= 0.6 is 0 Å². The summed E-state index contributed by atoms with van der Waals surface area (Å²) in [7, 11) is 0. The first-order valence-electron chi connectivity index (χ1n) is 38.3. The summed E-state index contributed by atoms with van der Waals surface area (Å²) < 4.78 is 9.23. The van der Waals surface area contributed by atoms with E-state index in [1.165, 1.54) is 88.2 Å². The molecule has 24 rings (SSSR count). The smallest absolute Gasteiger partial charge is 0.252 e. The molecule has 0 atom stereocenters. The molecule has 14 aromatic carbocycles. The molecule has 10 heterocycles. The zero-order valence-corrected chi connectivity index (χ0v) is 60.7. The van der Waals surface area contributed by atoms with Crippen molar-refractivity contribution in [1.82, 2.24) is 38.2 Å². The van der Waals surface area contributed by atoms with Crippen LogP contribution in [0.2, 0.25) is 0 Å². The maximum absolute atomic E-state index is 5.37. The summed E-state index contributed by atoms with van der Waals surface area (Å²) in [6.07, 6.45) is 3.76. The van der Waals surface area contributed by atoms with Gasteiger partial charge in [-0.25, -0.2) is 19.9 Å². The minimum Gasteiger partial charge on any atom is -0.356 e. The number of nitrogens with zero attached hydrogens (tertiary/aromatic N) is 10. The lowest BCUT2D eigenvalue weighted by Crippen LogP contribution is -2.62. The number of aromatic nitrogens is 8. The monoisotopic (exact) mass is 1450 g/mol. The van der Waals surface area contributed by atoms with Crippen LogP contribution in [-0.2, 0) is 13.1 Å². The van der Waals surface area contributed by atoms with Gasteiger partial charge in [-0.15, -0.1) is 0 Å². The average molecular weight is 1450 g/mol. The molecular weight excluding hydrogens is 1380 g/mol. The van der Waals surface area contributed by atoms with Crippen LogP contribution in [0.25, 0.3) is 111 Å². The summed E-state index contributed by atoms with van der Waals surface area (Å²) in [4.78, 5) is 25.4. The number of hydrogen-bond donors (Lipinski definition) is 2. The van der Waals surface area contributed by atoms with E-state index in [4.69, 9.17) is 19.9 Å². The first-order valence-corrected chi connectivity index (χ1v) is 38.3. The van der Waals surface area contributed by atoms with Crippen LogP contribution in [0.5, 0.6) is 0 Å². The van der Waals surface area contributed by atoms with E-state index in [2.05, 4.69) is 378 Å². The summed E-state index contributed by atoms with van der Waals surface area (Å²) in [5, 5.41) is 12.4. The van der Waals surface area contributed by atoms with Crippen LogP contribution in [0.4, 0.5) is 45.5 Å². The topological polar surface area (TPSA) is 102 Å². The zero-order valence-electron chi connectivity index (χ0n) is 60.7. The van der Waals surface area contributed by atoms with Crippen molar-refractivity contribution in [2.75, 3.05) is 20.4 Å². The molecule has 12 nitrogen and oxygen atoms in total. The summed E-state index contributed by atoms with van der Waals surface area (Å²) in [5.74, 6) is 3.66. The third-order valence-corrected chi connectivity index (χ3v) is 23.2. The van der Waals surface area contributed by atoms with Gasteiger partial charge in [-0.1, -0.05) is 202 Å². The minimum absolute atomic E-state index is 0. The Bertz CT molecular complexity index is 7160. The molecule has 20 aromatic rings. The Morgan fingerprint density at radius 3 is 1.27 bits per heavy atom. The van der Waals surface area contributed by atoms with E-state index in [1.807, 2.05) is 24.5 Å². The second-order valence-corrected chi connectivity index (χ2v) is 29.5. The van der Waals surface area contributed by atoms with E-state index in [0.717, 1.165) is 126 Å². The van der Waals surface area contributed by atoms with Crippen molar-refractivity contribution in [2.45, 2.75) is 20.5 Å². The number of para-hydroxylation sites is 8. The number of hydrogen-bond acceptors (Lipinski definition) is 8. The third-order valence-electron chi connectivity index (χ3n) is 23.2. The predicted octanol–water partition coefficient (Wildman–Crippen LogP) is 19.5. The number of benzene rings is 14. The van der Waals surface area contributed by atoms with Gasteiger partial charge < -0.3 is 20.4 Å². The summed E-state index contributed by atoms with van der Waals surface area (Å²) >= 11 is 0. The SMILES string of the molecule is C.c1ccc(-n2c(-c3ccc4c(c3)B3c5cc6c(cc5Nc5cccc(c53)N4)c3ccccc3n6-c3ccccn3)nc3ccccc32)cc1.c1ccc(CN2c3ccc(-c4nc5ccccc5n4-c4ccccc4)cc3B3c4cc5c(cc4N(Cc4ccccc4)c4cccc2c43)c2ccccc2n5-c2ccccn2)cc1. The number of fused-ring (bicyclic) bond motifs is 16. The molecule has 0 unspecified atom stereocenters. The lowest BCUT2D eigenvalue weighted by atomic mass is 9.33. The highest BCUT2D eigenvalue weighted by Gasteiger charge is 2.44. The maximum atomic E-state index is 5.37. The second-order valence-electron chi connectivity index (χ2n) is 29.5. The molecule has 0 fully saturated rings. The fraction of sp³-hybridized carbons (Fsp3) is 0.0303. The fourth-order valence-electron chi connectivity index (χ4n) is 18.5. The van der Waals surface area contributed by atoms with Crippen LogP contribution < -0.4 is 53.2 Å². The Labute approximate surface area is 653 Å². The standard InChI is InChI=1S/C56H39BN6.C42H27BN6.CH4/c1-4-17-38(18-5-1)36-60-48-31-30-40(56-59-46-24-11-13-26-49(46)62(56)41-21-8-3-9-22-41)33-44(48)57-45-35-52-43(42-23-10-12-25-47(42)63(52)54-29-14-15-32-58-54)34-53(45)61(37-39-19-6-2-7-20-39)51-28-16-27-50(60)55(51)57;1-2-11-27(12-3-1)48-38-18-7-5-14-33(38)47-42(48)26-20-21-32-30(23-26)43-31-25-39-29(24-36(31)46-35-16-10-15-34(45-32)41(35)43)28-13-4-6-17-37(28)49(39)40-19-8-9-22-44-40;/h1-35H,36-37H2;1-25,45-46H;1H4. The van der Waals surface area contributed by atoms with E-state index >= 15 is 0 Å². The van der Waals surface area contributed by atoms with Gasteiger partial charge in [-0.05, 0) is 202 Å². The largest absolute Gasteiger partial charge is 0.356 e. The van der Waals surface area contributed by atoms with Gasteiger partial charge in [0, 0.05) is 115 Å². The molecule has 0 amide bonds. The lowest BCUT2D eigenvalue weighted by Gasteiger charge is -2.44. The molecule has 14 heteroatoms. The van der Waals surface area contributed by atoms with Gasteiger partial charge in [0.15, 0.2) is 0 Å². The van der Waals surface area contributed by atoms with Gasteiger partial charge in [0.1, 0.15) is 23.3 Å². The van der Waals surface area contributed by atoms with Crippen molar-refractivity contribution in [3.05, 3.63) is 375 Å². The quantitative estimate of drug-likeness (QED) is 0.131. The van der Waals surface area contributed by atoms with Crippen LogP contribution in [0.3, 0.4) is 0 Å². The highest BCUT2D eigenvalue weighted by atomic mass is 15.2. The normalized spacial score (nSPS) is 12.7. The third kappa shape index (κ3) is 10.4. The van der Waals surface area contributed by atoms with Crippen molar-refractivity contribution in [3.8, 4) is 45.8 Å². The van der Waals surface area contributed by atoms with Gasteiger partial charge in [0.2, 0.25) is 0 Å². The number of anilines is 8. The molecule has 532 valence electrons. The number of rotatable bonds is 10. The van der Waals surface area contributed by atoms with Crippen LogP contribution in [0.15, 0.2) is 364 Å². The molecular formula is C99H70B2N12. The Morgan fingerprint density at radius 1 is 0.274 bits per heavy atom. The van der Waals surface area contributed by atoms with E-state index in [-0.39, 0.29) is 20.9 Å². The molecule has 113 heavy (non-hydrogen) atoms. The van der Waals surface area contributed by atoms with Crippen molar-refractivity contribution < 1.29 is 0 Å². The molecule has 0 bridgehead atoms. The van der Waals surface area contributed by atoms with E-state index in [0.29, 0.717) is 0 Å². The second kappa shape index (κ2) is 26.3. The Kier molecular flexibility index (Phi) is 15.2. The minimum atomic E-state index is -0.0747. The molecule has 0 saturated heterocycles. The Hall–Kier alpha value is -14.8. The summed E-state index contributed by atoms with van der Waals surface area (Å²) in [6.45, 7) is 1.40. The molecule has 4 aliphatic rings. The average Bonchev–Trinajstić information content (AvgIpc) is 1.66.